The summed E-state index contributed by atoms with van der Waals surface area (Å²) in [7, 11) is 1.90. The van der Waals surface area contributed by atoms with Crippen LogP contribution in [0.1, 0.15) is 32.9 Å². The van der Waals surface area contributed by atoms with Gasteiger partial charge in [-0.25, -0.2) is 4.98 Å². The third-order valence-corrected chi connectivity index (χ3v) is 3.53. The van der Waals surface area contributed by atoms with E-state index in [4.69, 9.17) is 11.6 Å². The van der Waals surface area contributed by atoms with Crippen molar-refractivity contribution < 1.29 is 0 Å². The van der Waals surface area contributed by atoms with Gasteiger partial charge in [0.2, 0.25) is 0 Å². The van der Waals surface area contributed by atoms with E-state index >= 15 is 0 Å². The van der Waals surface area contributed by atoms with Gasteiger partial charge in [-0.1, -0.05) is 31.9 Å². The van der Waals surface area contributed by atoms with Gasteiger partial charge in [0.1, 0.15) is 5.82 Å². The van der Waals surface area contributed by atoms with E-state index in [2.05, 4.69) is 36.0 Å². The Morgan fingerprint density at radius 2 is 2.11 bits per heavy atom. The van der Waals surface area contributed by atoms with Crippen molar-refractivity contribution >= 4 is 17.4 Å². The minimum absolute atomic E-state index is 0.676. The normalized spacial score (nSPS) is 12.5. The molecule has 0 saturated carbocycles. The average molecular weight is 270 g/mol. The highest BCUT2D eigenvalue weighted by molar-refractivity contribution is 6.31. The Morgan fingerprint density at radius 1 is 1.39 bits per heavy atom. The molecule has 0 amide bonds. The molecule has 0 aliphatic rings. The molecule has 102 valence electrons. The van der Waals surface area contributed by atoms with E-state index in [1.807, 2.05) is 19.2 Å². The van der Waals surface area contributed by atoms with Crippen molar-refractivity contribution in [3.05, 3.63) is 22.8 Å². The number of nitrogens with zero attached hydrogens (tertiary/aromatic N) is 2. The molecular formula is C14H24ClN3. The summed E-state index contributed by atoms with van der Waals surface area (Å²) < 4.78 is 0. The van der Waals surface area contributed by atoms with E-state index in [1.54, 1.807) is 0 Å². The molecule has 0 saturated heterocycles. The molecule has 18 heavy (non-hydrogen) atoms. The van der Waals surface area contributed by atoms with E-state index in [9.17, 15) is 0 Å². The fourth-order valence-corrected chi connectivity index (χ4v) is 2.00. The molecule has 4 heteroatoms. The maximum atomic E-state index is 6.13. The van der Waals surface area contributed by atoms with E-state index in [1.165, 1.54) is 6.42 Å². The molecule has 1 N–H and O–H groups in total. The van der Waals surface area contributed by atoms with Gasteiger partial charge >= 0.3 is 0 Å². The zero-order valence-corrected chi connectivity index (χ0v) is 12.6. The lowest BCUT2D eigenvalue weighted by molar-refractivity contribution is 0.545. The lowest BCUT2D eigenvalue weighted by Crippen LogP contribution is -2.29. The summed E-state index contributed by atoms with van der Waals surface area (Å²) in [6.07, 6.45) is 1.19. The zero-order valence-electron chi connectivity index (χ0n) is 11.8. The number of halogens is 1. The van der Waals surface area contributed by atoms with Crippen LogP contribution in [-0.4, -0.2) is 25.1 Å². The molecule has 0 spiro atoms. The van der Waals surface area contributed by atoms with Gasteiger partial charge in [-0.2, -0.15) is 0 Å². The molecular weight excluding hydrogens is 246 g/mol. The highest BCUT2D eigenvalue weighted by Crippen LogP contribution is 2.20. The van der Waals surface area contributed by atoms with Crippen LogP contribution in [0.2, 0.25) is 5.02 Å². The Labute approximate surface area is 116 Å². The highest BCUT2D eigenvalue weighted by Gasteiger charge is 2.11. The van der Waals surface area contributed by atoms with E-state index < -0.39 is 0 Å². The molecule has 3 nitrogen and oxygen atoms in total. The quantitative estimate of drug-likeness (QED) is 0.823. The second-order valence-electron chi connectivity index (χ2n) is 4.68. The smallest absolute Gasteiger partial charge is 0.128 e. The topological polar surface area (TPSA) is 28.2 Å². The van der Waals surface area contributed by atoms with Crippen LogP contribution in [0.4, 0.5) is 5.82 Å². The van der Waals surface area contributed by atoms with Gasteiger partial charge in [-0.05, 0) is 32.0 Å². The number of anilines is 1. The van der Waals surface area contributed by atoms with Gasteiger partial charge in [-0.15, -0.1) is 0 Å². The maximum Gasteiger partial charge on any atom is 0.128 e. The van der Waals surface area contributed by atoms with Gasteiger partial charge in [0.05, 0.1) is 10.7 Å². The second kappa shape index (κ2) is 7.59. The van der Waals surface area contributed by atoms with Crippen molar-refractivity contribution in [2.75, 3.05) is 25.0 Å². The van der Waals surface area contributed by atoms with Crippen molar-refractivity contribution in [1.82, 2.24) is 10.3 Å². The third-order valence-electron chi connectivity index (χ3n) is 3.18. The molecule has 0 fully saturated rings. The van der Waals surface area contributed by atoms with Crippen molar-refractivity contribution in [3.63, 3.8) is 0 Å². The van der Waals surface area contributed by atoms with Crippen LogP contribution in [0.5, 0.6) is 0 Å². The first-order chi connectivity index (χ1) is 8.62. The van der Waals surface area contributed by atoms with Crippen molar-refractivity contribution in [2.24, 2.45) is 5.92 Å². The number of nitrogens with one attached hydrogen (secondary N) is 1. The van der Waals surface area contributed by atoms with Crippen LogP contribution < -0.4 is 10.2 Å². The monoisotopic (exact) mass is 269 g/mol. The van der Waals surface area contributed by atoms with Crippen LogP contribution in [0.15, 0.2) is 12.1 Å². The molecule has 1 atom stereocenters. The molecule has 0 aliphatic carbocycles. The summed E-state index contributed by atoms with van der Waals surface area (Å²) in [5.41, 5.74) is 0.916. The van der Waals surface area contributed by atoms with Crippen molar-refractivity contribution in [2.45, 2.75) is 33.7 Å². The Morgan fingerprint density at radius 3 is 2.67 bits per heavy atom. The fourth-order valence-electron chi connectivity index (χ4n) is 1.83. The second-order valence-corrected chi connectivity index (χ2v) is 5.09. The summed E-state index contributed by atoms with van der Waals surface area (Å²) >= 11 is 6.13. The third kappa shape index (κ3) is 4.14. The van der Waals surface area contributed by atoms with E-state index in [-0.39, 0.29) is 0 Å². The van der Waals surface area contributed by atoms with Gasteiger partial charge in [0, 0.05) is 19.6 Å². The highest BCUT2D eigenvalue weighted by atomic mass is 35.5. The Balaban J connectivity index is 2.88. The molecule has 1 unspecified atom stereocenters. The van der Waals surface area contributed by atoms with Gasteiger partial charge < -0.3 is 10.2 Å². The number of hydrogen-bond donors (Lipinski definition) is 1. The SMILES string of the molecule is CCC(C)CN(CC)c1ccc(Cl)c(CNC)n1. The fraction of sp³-hybridized carbons (Fsp3) is 0.643. The van der Waals surface area contributed by atoms with Crippen LogP contribution in [0, 0.1) is 5.92 Å². The largest absolute Gasteiger partial charge is 0.357 e. The van der Waals surface area contributed by atoms with Crippen LogP contribution in [-0.2, 0) is 6.54 Å². The zero-order chi connectivity index (χ0) is 13.5. The summed E-state index contributed by atoms with van der Waals surface area (Å²) in [6.45, 7) is 9.37. The summed E-state index contributed by atoms with van der Waals surface area (Å²) in [4.78, 5) is 6.96. The molecule has 1 aromatic rings. The predicted molar refractivity (Wildman–Crippen MR) is 79.4 cm³/mol. The Hall–Kier alpha value is -0.800. The van der Waals surface area contributed by atoms with E-state index in [0.717, 1.165) is 29.6 Å². The van der Waals surface area contributed by atoms with Gasteiger partial charge in [0.25, 0.3) is 0 Å². The molecule has 1 rings (SSSR count). The molecule has 0 bridgehead atoms. The van der Waals surface area contributed by atoms with Crippen molar-refractivity contribution in [1.29, 1.82) is 0 Å². The summed E-state index contributed by atoms with van der Waals surface area (Å²) in [5.74, 6) is 1.70. The standard InChI is InChI=1S/C14H24ClN3/c1-5-11(3)10-18(6-2)14-8-7-12(15)13(17-14)9-16-4/h7-8,11,16H,5-6,9-10H2,1-4H3. The first kappa shape index (κ1) is 15.3. The van der Waals surface area contributed by atoms with E-state index in [0.29, 0.717) is 12.5 Å². The number of pyridine rings is 1. The summed E-state index contributed by atoms with van der Waals surface area (Å²) in [6, 6.07) is 3.95. The number of hydrogen-bond acceptors (Lipinski definition) is 3. The maximum absolute atomic E-state index is 6.13. The first-order valence-electron chi connectivity index (χ1n) is 6.67. The Kier molecular flexibility index (Phi) is 6.44. The van der Waals surface area contributed by atoms with Crippen LogP contribution in [0.3, 0.4) is 0 Å². The van der Waals surface area contributed by atoms with Crippen molar-refractivity contribution in [3.8, 4) is 0 Å². The molecule has 0 radical (unpaired) electrons. The van der Waals surface area contributed by atoms with Crippen LogP contribution >= 0.6 is 11.6 Å². The molecule has 0 aromatic carbocycles. The molecule has 1 aromatic heterocycles. The average Bonchev–Trinajstić information content (AvgIpc) is 2.38. The molecule has 1 heterocycles. The first-order valence-corrected chi connectivity index (χ1v) is 7.05. The Bertz CT molecular complexity index is 368. The number of aromatic nitrogens is 1. The van der Waals surface area contributed by atoms with Crippen LogP contribution in [0.25, 0.3) is 0 Å². The molecule has 0 aliphatic heterocycles. The number of rotatable bonds is 7. The van der Waals surface area contributed by atoms with Gasteiger partial charge in [-0.3, -0.25) is 0 Å². The minimum Gasteiger partial charge on any atom is -0.357 e. The predicted octanol–water partition coefficient (Wildman–Crippen LogP) is 3.33. The summed E-state index contributed by atoms with van der Waals surface area (Å²) in [5, 5.41) is 3.82. The minimum atomic E-state index is 0.676. The lowest BCUT2D eigenvalue weighted by Gasteiger charge is -2.25. The lowest BCUT2D eigenvalue weighted by atomic mass is 10.1. The van der Waals surface area contributed by atoms with Gasteiger partial charge in [0.15, 0.2) is 0 Å².